The van der Waals surface area contributed by atoms with Gasteiger partial charge in [-0.2, -0.15) is 0 Å². The Bertz CT molecular complexity index is 645. The number of amides is 1. The molecule has 2 rings (SSSR count). The van der Waals surface area contributed by atoms with Crippen molar-refractivity contribution in [2.45, 2.75) is 26.7 Å². The maximum Gasteiger partial charge on any atom is 0.224 e. The molecule has 0 aliphatic heterocycles. The quantitative estimate of drug-likeness (QED) is 0.835. The number of carbonyl (C=O) groups is 1. The number of carbonyl (C=O) groups excluding carboxylic acids is 1. The van der Waals surface area contributed by atoms with Gasteiger partial charge < -0.3 is 11.1 Å². The van der Waals surface area contributed by atoms with E-state index >= 15 is 0 Å². The molecule has 0 aliphatic rings. The van der Waals surface area contributed by atoms with Gasteiger partial charge in [0.25, 0.3) is 0 Å². The van der Waals surface area contributed by atoms with Crippen LogP contribution in [0.15, 0.2) is 36.4 Å². The van der Waals surface area contributed by atoms with Gasteiger partial charge in [0.05, 0.1) is 10.7 Å². The summed E-state index contributed by atoms with van der Waals surface area (Å²) in [5.41, 5.74) is 10.2. The van der Waals surface area contributed by atoms with Crippen LogP contribution in [-0.4, -0.2) is 5.91 Å². The highest BCUT2D eigenvalue weighted by Crippen LogP contribution is 2.27. The van der Waals surface area contributed by atoms with Crippen molar-refractivity contribution >= 4 is 28.9 Å². The molecule has 0 atom stereocenters. The largest absolute Gasteiger partial charge is 0.399 e. The van der Waals surface area contributed by atoms with Crippen LogP contribution in [0.1, 0.15) is 23.1 Å². The minimum absolute atomic E-state index is 0.0497. The first-order chi connectivity index (χ1) is 9.95. The molecule has 0 fully saturated rings. The van der Waals surface area contributed by atoms with Gasteiger partial charge in [0.1, 0.15) is 0 Å². The van der Waals surface area contributed by atoms with E-state index in [9.17, 15) is 4.79 Å². The first kappa shape index (κ1) is 15.4. The number of hydrogen-bond acceptors (Lipinski definition) is 2. The second-order valence-corrected chi connectivity index (χ2v) is 5.64. The van der Waals surface area contributed by atoms with Gasteiger partial charge in [0.15, 0.2) is 0 Å². The SMILES string of the molecule is Cc1cc(C)c(NC(=O)CCc2cccc(N)c2)c(Cl)c1. The Kier molecular flexibility index (Phi) is 4.86. The highest BCUT2D eigenvalue weighted by Gasteiger charge is 2.09. The van der Waals surface area contributed by atoms with Crippen LogP contribution in [0.5, 0.6) is 0 Å². The highest BCUT2D eigenvalue weighted by molar-refractivity contribution is 6.34. The van der Waals surface area contributed by atoms with Gasteiger partial charge in [0.2, 0.25) is 5.91 Å². The topological polar surface area (TPSA) is 55.1 Å². The van der Waals surface area contributed by atoms with Gasteiger partial charge in [0, 0.05) is 12.1 Å². The fourth-order valence-corrected chi connectivity index (χ4v) is 2.65. The van der Waals surface area contributed by atoms with Crippen molar-refractivity contribution < 1.29 is 4.79 Å². The van der Waals surface area contributed by atoms with Gasteiger partial charge in [-0.05, 0) is 55.2 Å². The number of anilines is 2. The molecule has 0 radical (unpaired) electrons. The number of halogens is 1. The molecule has 0 bridgehead atoms. The van der Waals surface area contributed by atoms with Crippen LogP contribution in [0, 0.1) is 13.8 Å². The summed E-state index contributed by atoms with van der Waals surface area (Å²) < 4.78 is 0. The van der Waals surface area contributed by atoms with Crippen LogP contribution in [0.4, 0.5) is 11.4 Å². The molecule has 2 aromatic rings. The van der Waals surface area contributed by atoms with E-state index in [2.05, 4.69) is 5.32 Å². The number of rotatable bonds is 4. The molecule has 3 N–H and O–H groups in total. The molecule has 3 nitrogen and oxygen atoms in total. The van der Waals surface area contributed by atoms with Crippen molar-refractivity contribution in [3.63, 3.8) is 0 Å². The van der Waals surface area contributed by atoms with Crippen molar-refractivity contribution in [1.82, 2.24) is 0 Å². The van der Waals surface area contributed by atoms with Crippen LogP contribution < -0.4 is 11.1 Å². The minimum Gasteiger partial charge on any atom is -0.399 e. The number of nitrogen functional groups attached to an aromatic ring is 1. The monoisotopic (exact) mass is 302 g/mol. The fraction of sp³-hybridized carbons (Fsp3) is 0.235. The van der Waals surface area contributed by atoms with E-state index in [1.54, 1.807) is 0 Å². The number of nitrogens with two attached hydrogens (primary N) is 1. The van der Waals surface area contributed by atoms with Gasteiger partial charge >= 0.3 is 0 Å². The third-order valence-electron chi connectivity index (χ3n) is 3.29. The molecule has 0 unspecified atom stereocenters. The zero-order chi connectivity index (χ0) is 15.4. The van der Waals surface area contributed by atoms with Crippen molar-refractivity contribution in [3.05, 3.63) is 58.1 Å². The van der Waals surface area contributed by atoms with Crippen LogP contribution in [0.25, 0.3) is 0 Å². The maximum atomic E-state index is 12.1. The van der Waals surface area contributed by atoms with Gasteiger partial charge in [-0.1, -0.05) is 29.8 Å². The summed E-state index contributed by atoms with van der Waals surface area (Å²) in [4.78, 5) is 12.1. The van der Waals surface area contributed by atoms with Crippen molar-refractivity contribution in [2.75, 3.05) is 11.1 Å². The van der Waals surface area contributed by atoms with Crippen LogP contribution >= 0.6 is 11.6 Å². The molecular weight excluding hydrogens is 284 g/mol. The third kappa shape index (κ3) is 4.23. The standard InChI is InChI=1S/C17H19ClN2O/c1-11-8-12(2)17(15(18)9-11)20-16(21)7-6-13-4-3-5-14(19)10-13/h3-5,8-10H,6-7,19H2,1-2H3,(H,20,21). The Morgan fingerprint density at radius 1 is 1.24 bits per heavy atom. The number of aryl methyl sites for hydroxylation is 3. The van der Waals surface area contributed by atoms with Crippen molar-refractivity contribution in [1.29, 1.82) is 0 Å². The number of hydrogen-bond donors (Lipinski definition) is 2. The van der Waals surface area contributed by atoms with E-state index in [0.717, 1.165) is 16.7 Å². The molecule has 2 aromatic carbocycles. The van der Waals surface area contributed by atoms with Gasteiger partial charge in [-0.3, -0.25) is 4.79 Å². The lowest BCUT2D eigenvalue weighted by Crippen LogP contribution is -2.13. The summed E-state index contributed by atoms with van der Waals surface area (Å²) in [5, 5.41) is 3.46. The van der Waals surface area contributed by atoms with Crippen LogP contribution in [0.2, 0.25) is 5.02 Å². The highest BCUT2D eigenvalue weighted by atomic mass is 35.5. The molecule has 4 heteroatoms. The predicted octanol–water partition coefficient (Wildman–Crippen LogP) is 4.11. The summed E-state index contributed by atoms with van der Waals surface area (Å²) in [6, 6.07) is 11.4. The molecule has 0 heterocycles. The molecule has 21 heavy (non-hydrogen) atoms. The molecular formula is C17H19ClN2O. The molecule has 110 valence electrons. The van der Waals surface area contributed by atoms with Crippen molar-refractivity contribution in [3.8, 4) is 0 Å². The Hall–Kier alpha value is -2.00. The first-order valence-corrected chi connectivity index (χ1v) is 7.24. The molecule has 1 amide bonds. The van der Waals surface area contributed by atoms with Crippen molar-refractivity contribution in [2.24, 2.45) is 0 Å². The molecule has 0 saturated carbocycles. The van der Waals surface area contributed by atoms with E-state index in [1.807, 2.05) is 50.2 Å². The van der Waals surface area contributed by atoms with E-state index in [-0.39, 0.29) is 5.91 Å². The third-order valence-corrected chi connectivity index (χ3v) is 3.59. The molecule has 0 saturated heterocycles. The summed E-state index contributed by atoms with van der Waals surface area (Å²) in [6.45, 7) is 3.91. The Labute approximate surface area is 130 Å². The number of benzene rings is 2. The lowest BCUT2D eigenvalue weighted by Gasteiger charge is -2.11. The Balaban J connectivity index is 1.99. The first-order valence-electron chi connectivity index (χ1n) is 6.86. The smallest absolute Gasteiger partial charge is 0.224 e. The van der Waals surface area contributed by atoms with E-state index in [1.165, 1.54) is 0 Å². The van der Waals surface area contributed by atoms with E-state index in [4.69, 9.17) is 17.3 Å². The second-order valence-electron chi connectivity index (χ2n) is 5.23. The lowest BCUT2D eigenvalue weighted by molar-refractivity contribution is -0.116. The average Bonchev–Trinajstić information content (AvgIpc) is 2.40. The summed E-state index contributed by atoms with van der Waals surface area (Å²) in [7, 11) is 0. The average molecular weight is 303 g/mol. The van der Waals surface area contributed by atoms with E-state index in [0.29, 0.717) is 29.2 Å². The Morgan fingerprint density at radius 3 is 2.67 bits per heavy atom. The predicted molar refractivity (Wildman–Crippen MR) is 88.7 cm³/mol. The zero-order valence-electron chi connectivity index (χ0n) is 12.2. The normalized spacial score (nSPS) is 10.4. The van der Waals surface area contributed by atoms with Crippen LogP contribution in [-0.2, 0) is 11.2 Å². The van der Waals surface area contributed by atoms with Gasteiger partial charge in [-0.25, -0.2) is 0 Å². The number of nitrogens with one attached hydrogen (secondary N) is 1. The fourth-order valence-electron chi connectivity index (χ4n) is 2.28. The zero-order valence-corrected chi connectivity index (χ0v) is 13.0. The lowest BCUT2D eigenvalue weighted by atomic mass is 10.1. The van der Waals surface area contributed by atoms with E-state index < -0.39 is 0 Å². The molecule has 0 aliphatic carbocycles. The molecule has 0 spiro atoms. The Morgan fingerprint density at radius 2 is 2.00 bits per heavy atom. The summed E-state index contributed by atoms with van der Waals surface area (Å²) in [5.74, 6) is -0.0497. The maximum absolute atomic E-state index is 12.1. The second kappa shape index (κ2) is 6.64. The minimum atomic E-state index is -0.0497. The van der Waals surface area contributed by atoms with Crippen LogP contribution in [0.3, 0.4) is 0 Å². The van der Waals surface area contributed by atoms with Gasteiger partial charge in [-0.15, -0.1) is 0 Å². The summed E-state index contributed by atoms with van der Waals surface area (Å²) >= 11 is 6.19. The summed E-state index contributed by atoms with van der Waals surface area (Å²) in [6.07, 6.45) is 1.05. The molecule has 0 aromatic heterocycles.